The average molecular weight is 317 g/mol. The summed E-state index contributed by atoms with van der Waals surface area (Å²) in [7, 11) is 0. The summed E-state index contributed by atoms with van der Waals surface area (Å²) in [5, 5.41) is 2.58. The molecule has 1 aliphatic carbocycles. The molecular weight excluding hydrogens is 296 g/mol. The van der Waals surface area contributed by atoms with Crippen LogP contribution in [0.15, 0.2) is 53.4 Å². The summed E-state index contributed by atoms with van der Waals surface area (Å²) in [6.45, 7) is 7.15. The van der Waals surface area contributed by atoms with Crippen molar-refractivity contribution in [3.8, 4) is 0 Å². The lowest BCUT2D eigenvalue weighted by atomic mass is 10.0. The van der Waals surface area contributed by atoms with Gasteiger partial charge in [0.15, 0.2) is 0 Å². The molecule has 1 unspecified atom stereocenters. The topological polar surface area (TPSA) is 29.1 Å². The lowest BCUT2D eigenvalue weighted by molar-refractivity contribution is -0.112. The standard InChI is InChI=1S/C19H21F2NO/c1-11(2)15-9-8-14(10-16(15)20)22-19(23)17-12(3)6-5-7-13(4)18(17)21/h5-11,13H,1-4H3,(H,22,23). The lowest BCUT2D eigenvalue weighted by Crippen LogP contribution is -2.17. The Morgan fingerprint density at radius 2 is 1.96 bits per heavy atom. The maximum Gasteiger partial charge on any atom is 0.258 e. The van der Waals surface area contributed by atoms with E-state index in [1.54, 1.807) is 44.2 Å². The first-order chi connectivity index (χ1) is 10.8. The van der Waals surface area contributed by atoms with E-state index in [9.17, 15) is 13.6 Å². The van der Waals surface area contributed by atoms with Crippen LogP contribution in [0.25, 0.3) is 0 Å². The van der Waals surface area contributed by atoms with Crippen LogP contribution in [0.3, 0.4) is 0 Å². The number of allylic oxidation sites excluding steroid dienone is 4. The van der Waals surface area contributed by atoms with Gasteiger partial charge in [-0.1, -0.05) is 45.1 Å². The smallest absolute Gasteiger partial charge is 0.258 e. The van der Waals surface area contributed by atoms with Crippen molar-refractivity contribution >= 4 is 11.6 Å². The summed E-state index contributed by atoms with van der Waals surface area (Å²) in [5.41, 5.74) is 1.45. The van der Waals surface area contributed by atoms with Crippen molar-refractivity contribution in [1.29, 1.82) is 0 Å². The van der Waals surface area contributed by atoms with Crippen LogP contribution in [0.1, 0.15) is 39.2 Å². The zero-order valence-electron chi connectivity index (χ0n) is 13.8. The first-order valence-electron chi connectivity index (χ1n) is 7.67. The van der Waals surface area contributed by atoms with E-state index in [0.29, 0.717) is 16.8 Å². The first-order valence-corrected chi connectivity index (χ1v) is 7.67. The van der Waals surface area contributed by atoms with Crippen molar-refractivity contribution < 1.29 is 13.6 Å². The Morgan fingerprint density at radius 3 is 2.57 bits per heavy atom. The van der Waals surface area contributed by atoms with Crippen molar-refractivity contribution in [2.24, 2.45) is 5.92 Å². The molecule has 0 heterocycles. The number of hydrogen-bond acceptors (Lipinski definition) is 1. The number of carbonyl (C=O) groups excluding carboxylic acids is 1. The minimum atomic E-state index is -0.566. The number of carbonyl (C=O) groups is 1. The van der Waals surface area contributed by atoms with Crippen molar-refractivity contribution in [2.75, 3.05) is 5.32 Å². The van der Waals surface area contributed by atoms with Gasteiger partial charge in [-0.2, -0.15) is 0 Å². The first kappa shape index (κ1) is 17.1. The predicted octanol–water partition coefficient (Wildman–Crippen LogP) is 5.26. The predicted molar refractivity (Wildman–Crippen MR) is 89.3 cm³/mol. The van der Waals surface area contributed by atoms with E-state index in [1.807, 2.05) is 13.8 Å². The summed E-state index contributed by atoms with van der Waals surface area (Å²) in [6, 6.07) is 4.54. The van der Waals surface area contributed by atoms with Crippen LogP contribution in [0.2, 0.25) is 0 Å². The highest BCUT2D eigenvalue weighted by molar-refractivity contribution is 6.07. The van der Waals surface area contributed by atoms with Gasteiger partial charge in [-0.15, -0.1) is 0 Å². The van der Waals surface area contributed by atoms with Crippen molar-refractivity contribution in [2.45, 2.75) is 33.6 Å². The van der Waals surface area contributed by atoms with E-state index >= 15 is 0 Å². The van der Waals surface area contributed by atoms with Crippen molar-refractivity contribution in [1.82, 2.24) is 0 Å². The van der Waals surface area contributed by atoms with Gasteiger partial charge in [0.05, 0.1) is 5.57 Å². The minimum absolute atomic E-state index is 0.0100. The van der Waals surface area contributed by atoms with E-state index in [0.717, 1.165) is 0 Å². The number of halogens is 2. The Morgan fingerprint density at radius 1 is 1.26 bits per heavy atom. The van der Waals surface area contributed by atoms with Gasteiger partial charge in [0.1, 0.15) is 11.6 Å². The second-order valence-corrected chi connectivity index (χ2v) is 6.09. The van der Waals surface area contributed by atoms with E-state index in [4.69, 9.17) is 0 Å². The number of amides is 1. The largest absolute Gasteiger partial charge is 0.322 e. The van der Waals surface area contributed by atoms with Gasteiger partial charge < -0.3 is 5.32 Å². The van der Waals surface area contributed by atoms with Crippen molar-refractivity contribution in [3.05, 3.63) is 64.8 Å². The molecule has 0 radical (unpaired) electrons. The Hall–Kier alpha value is -2.23. The number of nitrogens with one attached hydrogen (secondary N) is 1. The van der Waals surface area contributed by atoms with Crippen LogP contribution in [-0.2, 0) is 4.79 Å². The van der Waals surface area contributed by atoms with Gasteiger partial charge in [-0.3, -0.25) is 4.79 Å². The molecule has 23 heavy (non-hydrogen) atoms. The highest BCUT2D eigenvalue weighted by atomic mass is 19.1. The normalized spacial score (nSPS) is 18.0. The van der Waals surface area contributed by atoms with E-state index in [1.165, 1.54) is 6.07 Å². The summed E-state index contributed by atoms with van der Waals surface area (Å²) >= 11 is 0. The molecule has 2 nitrogen and oxygen atoms in total. The molecule has 0 bridgehead atoms. The molecule has 0 saturated carbocycles. The zero-order valence-corrected chi connectivity index (χ0v) is 13.8. The van der Waals surface area contributed by atoms with Gasteiger partial charge in [-0.05, 0) is 36.1 Å². The highest BCUT2D eigenvalue weighted by Gasteiger charge is 2.22. The fourth-order valence-electron chi connectivity index (χ4n) is 2.50. The Labute approximate surface area is 135 Å². The molecule has 1 aromatic carbocycles. The van der Waals surface area contributed by atoms with Crippen LogP contribution in [0, 0.1) is 11.7 Å². The molecule has 1 N–H and O–H groups in total. The number of rotatable bonds is 3. The summed E-state index contributed by atoms with van der Waals surface area (Å²) < 4.78 is 28.4. The van der Waals surface area contributed by atoms with Gasteiger partial charge in [0.2, 0.25) is 0 Å². The molecule has 1 amide bonds. The fraction of sp³-hybridized carbons (Fsp3) is 0.316. The number of anilines is 1. The summed E-state index contributed by atoms with van der Waals surface area (Å²) in [4.78, 5) is 12.4. The lowest BCUT2D eigenvalue weighted by Gasteiger charge is -2.13. The van der Waals surface area contributed by atoms with Crippen LogP contribution in [0.4, 0.5) is 14.5 Å². The van der Waals surface area contributed by atoms with Crippen molar-refractivity contribution in [3.63, 3.8) is 0 Å². The van der Waals surface area contributed by atoms with Crippen LogP contribution in [0.5, 0.6) is 0 Å². The Balaban J connectivity index is 2.28. The molecule has 0 aliphatic heterocycles. The van der Waals surface area contributed by atoms with E-state index in [-0.39, 0.29) is 17.3 Å². The third kappa shape index (κ3) is 3.76. The monoisotopic (exact) mass is 317 g/mol. The van der Waals surface area contributed by atoms with Gasteiger partial charge in [0.25, 0.3) is 5.91 Å². The van der Waals surface area contributed by atoms with Gasteiger partial charge in [-0.25, -0.2) is 8.78 Å². The molecule has 0 aromatic heterocycles. The Bertz CT molecular complexity index is 714. The van der Waals surface area contributed by atoms with Crippen LogP contribution in [-0.4, -0.2) is 5.91 Å². The van der Waals surface area contributed by atoms with Gasteiger partial charge in [0, 0.05) is 11.6 Å². The molecule has 2 rings (SSSR count). The quantitative estimate of drug-likeness (QED) is 0.809. The van der Waals surface area contributed by atoms with Gasteiger partial charge >= 0.3 is 0 Å². The SMILES string of the molecule is CC1=CC=CC(C)C(F)=C1C(=O)Nc1ccc(C(C)C)c(F)c1. The fourth-order valence-corrected chi connectivity index (χ4v) is 2.50. The molecule has 122 valence electrons. The molecule has 1 aromatic rings. The minimum Gasteiger partial charge on any atom is -0.322 e. The summed E-state index contributed by atoms with van der Waals surface area (Å²) in [5.74, 6) is -1.84. The summed E-state index contributed by atoms with van der Waals surface area (Å²) in [6.07, 6.45) is 5.12. The zero-order chi connectivity index (χ0) is 17.1. The maximum atomic E-state index is 14.4. The maximum absolute atomic E-state index is 14.4. The molecule has 0 spiro atoms. The molecule has 0 fully saturated rings. The molecule has 1 atom stereocenters. The molecule has 0 saturated heterocycles. The van der Waals surface area contributed by atoms with E-state index < -0.39 is 17.7 Å². The molecule has 1 aliphatic rings. The number of hydrogen-bond donors (Lipinski definition) is 1. The third-order valence-electron chi connectivity index (χ3n) is 3.89. The van der Waals surface area contributed by atoms with Crippen LogP contribution >= 0.6 is 0 Å². The molecular formula is C19H21F2NO. The highest BCUT2D eigenvalue weighted by Crippen LogP contribution is 2.28. The second kappa shape index (κ2) is 6.90. The second-order valence-electron chi connectivity index (χ2n) is 6.09. The Kier molecular flexibility index (Phi) is 5.14. The average Bonchev–Trinajstić information content (AvgIpc) is 2.58. The van der Waals surface area contributed by atoms with Crippen LogP contribution < -0.4 is 5.32 Å². The van der Waals surface area contributed by atoms with E-state index in [2.05, 4.69) is 5.32 Å². The molecule has 4 heteroatoms. The number of benzene rings is 1. The third-order valence-corrected chi connectivity index (χ3v) is 3.89.